The molecule has 7 heteroatoms. The van der Waals surface area contributed by atoms with Crippen LogP contribution in [0.3, 0.4) is 0 Å². The molecular weight excluding hydrogens is 348 g/mol. The van der Waals surface area contributed by atoms with Crippen LogP contribution in [0.5, 0.6) is 0 Å². The summed E-state index contributed by atoms with van der Waals surface area (Å²) in [5.41, 5.74) is 1.16. The van der Waals surface area contributed by atoms with Gasteiger partial charge in [-0.25, -0.2) is 9.38 Å². The number of rotatable bonds is 6. The molecule has 3 rings (SSSR count). The van der Waals surface area contributed by atoms with Gasteiger partial charge in [-0.15, -0.1) is 0 Å². The van der Waals surface area contributed by atoms with Crippen molar-refractivity contribution in [1.29, 1.82) is 0 Å². The Morgan fingerprint density at radius 2 is 2.35 bits per heavy atom. The molecule has 1 aliphatic carbocycles. The average molecular weight is 379 g/mol. The molecule has 0 spiro atoms. The number of aliphatic imine (C=N–C) groups is 1. The van der Waals surface area contributed by atoms with E-state index in [-0.39, 0.29) is 13.3 Å². The molecule has 3 atom stereocenters. The third-order valence-electron chi connectivity index (χ3n) is 4.86. The maximum absolute atomic E-state index is 14.6. The number of likely N-dealkylation sites (tertiary alicyclic amines) is 1. The highest BCUT2D eigenvalue weighted by atomic mass is 31.0. The van der Waals surface area contributed by atoms with Crippen molar-refractivity contribution < 1.29 is 4.39 Å². The van der Waals surface area contributed by atoms with Crippen molar-refractivity contribution in [3.05, 3.63) is 36.3 Å². The molecule has 1 aromatic heterocycles. The lowest BCUT2D eigenvalue weighted by Gasteiger charge is -2.19. The SMILES string of the molecule is C.C=C(/N=C(\C=C/C)Nc1cc(C2CC2)[nH]n1)N1CC(CC)C(F)(P)C1. The van der Waals surface area contributed by atoms with E-state index >= 15 is 0 Å². The van der Waals surface area contributed by atoms with E-state index in [1.165, 1.54) is 12.8 Å². The zero-order chi connectivity index (χ0) is 18.0. The zero-order valence-corrected chi connectivity index (χ0v) is 16.1. The molecule has 26 heavy (non-hydrogen) atoms. The monoisotopic (exact) mass is 379 g/mol. The van der Waals surface area contributed by atoms with E-state index < -0.39 is 5.41 Å². The molecule has 3 unspecified atom stereocenters. The Bertz CT molecular complexity index is 690. The number of anilines is 1. The minimum Gasteiger partial charge on any atom is -0.353 e. The summed E-state index contributed by atoms with van der Waals surface area (Å²) in [6.45, 7) is 8.92. The topological polar surface area (TPSA) is 56.3 Å². The summed E-state index contributed by atoms with van der Waals surface area (Å²) in [4.78, 5) is 6.48. The molecule has 0 amide bonds. The van der Waals surface area contributed by atoms with E-state index in [4.69, 9.17) is 0 Å². The number of alkyl halides is 1. The fourth-order valence-corrected chi connectivity index (χ4v) is 3.74. The van der Waals surface area contributed by atoms with Crippen LogP contribution >= 0.6 is 9.24 Å². The quantitative estimate of drug-likeness (QED) is 0.429. The van der Waals surface area contributed by atoms with Crippen LogP contribution in [0.4, 0.5) is 10.2 Å². The van der Waals surface area contributed by atoms with Crippen molar-refractivity contribution >= 4 is 20.9 Å². The molecule has 144 valence electrons. The van der Waals surface area contributed by atoms with Gasteiger partial charge in [0.1, 0.15) is 17.1 Å². The number of aromatic nitrogens is 2. The molecule has 1 saturated heterocycles. The third kappa shape index (κ3) is 4.73. The second-order valence-corrected chi connectivity index (χ2v) is 7.89. The van der Waals surface area contributed by atoms with E-state index in [9.17, 15) is 4.39 Å². The van der Waals surface area contributed by atoms with Crippen LogP contribution in [-0.4, -0.2) is 39.4 Å². The summed E-state index contributed by atoms with van der Waals surface area (Å²) < 4.78 is 14.6. The van der Waals surface area contributed by atoms with Gasteiger partial charge in [-0.05, 0) is 32.3 Å². The number of aromatic amines is 1. The summed E-state index contributed by atoms with van der Waals surface area (Å²) >= 11 is 0. The van der Waals surface area contributed by atoms with Crippen molar-refractivity contribution in [2.24, 2.45) is 10.9 Å². The second kappa shape index (κ2) is 8.34. The molecule has 0 bridgehead atoms. The maximum atomic E-state index is 14.6. The van der Waals surface area contributed by atoms with Gasteiger partial charge in [-0.1, -0.05) is 36.2 Å². The van der Waals surface area contributed by atoms with E-state index in [1.807, 2.05) is 37.0 Å². The summed E-state index contributed by atoms with van der Waals surface area (Å²) in [6, 6.07) is 2.03. The van der Waals surface area contributed by atoms with Crippen molar-refractivity contribution in [3.63, 3.8) is 0 Å². The lowest BCUT2D eigenvalue weighted by atomic mass is 10.0. The number of nitrogens with zero attached hydrogens (tertiary/aromatic N) is 3. The van der Waals surface area contributed by atoms with Gasteiger partial charge in [0.15, 0.2) is 5.82 Å². The predicted molar refractivity (Wildman–Crippen MR) is 111 cm³/mol. The molecule has 0 aromatic carbocycles. The Balaban J connectivity index is 0.00000243. The number of hydrogen-bond donors (Lipinski definition) is 2. The Morgan fingerprint density at radius 3 is 2.92 bits per heavy atom. The third-order valence-corrected chi connectivity index (χ3v) is 5.51. The Labute approximate surface area is 158 Å². The molecule has 5 nitrogen and oxygen atoms in total. The maximum Gasteiger partial charge on any atom is 0.153 e. The van der Waals surface area contributed by atoms with Crippen molar-refractivity contribution in [2.45, 2.75) is 51.9 Å². The van der Waals surface area contributed by atoms with E-state index in [1.54, 1.807) is 0 Å². The lowest BCUT2D eigenvalue weighted by Crippen LogP contribution is -2.25. The van der Waals surface area contributed by atoms with Gasteiger partial charge in [0.2, 0.25) is 0 Å². The lowest BCUT2D eigenvalue weighted by molar-refractivity contribution is 0.232. The second-order valence-electron chi connectivity index (χ2n) is 6.93. The van der Waals surface area contributed by atoms with Gasteiger partial charge in [0, 0.05) is 30.1 Å². The van der Waals surface area contributed by atoms with Crippen molar-refractivity contribution in [1.82, 2.24) is 15.1 Å². The first kappa shape index (κ1) is 20.6. The number of halogens is 1. The van der Waals surface area contributed by atoms with E-state index in [0.29, 0.717) is 30.7 Å². The number of allylic oxidation sites excluding steroid dienone is 1. The highest BCUT2D eigenvalue weighted by molar-refractivity contribution is 7.18. The zero-order valence-electron chi connectivity index (χ0n) is 14.9. The minimum atomic E-state index is -1.28. The first-order chi connectivity index (χ1) is 11.9. The molecular formula is C19H31FN5P. The predicted octanol–water partition coefficient (Wildman–Crippen LogP) is 4.66. The summed E-state index contributed by atoms with van der Waals surface area (Å²) in [6.07, 6.45) is 7.02. The van der Waals surface area contributed by atoms with Crippen LogP contribution in [0.25, 0.3) is 0 Å². The molecule has 1 aliphatic heterocycles. The average Bonchev–Trinajstić information content (AvgIpc) is 3.22. The van der Waals surface area contributed by atoms with Gasteiger partial charge >= 0.3 is 0 Å². The fraction of sp³-hybridized carbons (Fsp3) is 0.579. The largest absolute Gasteiger partial charge is 0.353 e. The van der Waals surface area contributed by atoms with E-state index in [2.05, 4.69) is 36.3 Å². The van der Waals surface area contributed by atoms with Crippen molar-refractivity contribution in [2.75, 3.05) is 18.4 Å². The smallest absolute Gasteiger partial charge is 0.153 e. The van der Waals surface area contributed by atoms with Gasteiger partial charge in [0.05, 0.1) is 6.54 Å². The molecule has 2 aliphatic rings. The Morgan fingerprint density at radius 1 is 1.62 bits per heavy atom. The van der Waals surface area contributed by atoms with Crippen molar-refractivity contribution in [3.8, 4) is 0 Å². The molecule has 1 aromatic rings. The number of amidine groups is 1. The molecule has 0 radical (unpaired) electrons. The molecule has 1 saturated carbocycles. The molecule has 2 fully saturated rings. The normalized spacial score (nSPS) is 26.2. The first-order valence-electron chi connectivity index (χ1n) is 8.88. The molecule has 2 heterocycles. The number of H-pyrrole nitrogens is 1. The summed E-state index contributed by atoms with van der Waals surface area (Å²) in [5.74, 6) is 2.56. The molecule has 2 N–H and O–H groups in total. The van der Waals surface area contributed by atoms with Crippen LogP contribution in [-0.2, 0) is 0 Å². The fourth-order valence-electron chi connectivity index (χ4n) is 3.18. The minimum absolute atomic E-state index is 0. The highest BCUT2D eigenvalue weighted by Crippen LogP contribution is 2.41. The number of nitrogens with one attached hydrogen (secondary N) is 2. The first-order valence-corrected chi connectivity index (χ1v) is 9.46. The van der Waals surface area contributed by atoms with Gasteiger partial charge in [0.25, 0.3) is 0 Å². The Kier molecular flexibility index (Phi) is 6.62. The van der Waals surface area contributed by atoms with Crippen LogP contribution in [0.1, 0.15) is 52.1 Å². The Hall–Kier alpha value is -1.68. The van der Waals surface area contributed by atoms with Crippen LogP contribution in [0.15, 0.2) is 35.6 Å². The van der Waals surface area contributed by atoms with Crippen LogP contribution in [0, 0.1) is 5.92 Å². The summed E-state index contributed by atoms with van der Waals surface area (Å²) in [7, 11) is 2.36. The number of hydrogen-bond acceptors (Lipinski definition) is 3. The highest BCUT2D eigenvalue weighted by Gasteiger charge is 2.43. The van der Waals surface area contributed by atoms with Crippen LogP contribution < -0.4 is 5.32 Å². The van der Waals surface area contributed by atoms with Gasteiger partial charge < -0.3 is 10.2 Å². The standard InChI is InChI=1S/C18H27FN5P.CH4/c1-4-6-16(21-17-9-15(22-23-17)13-7-8-13)20-12(3)24-10-14(5-2)18(19,25)11-24;/h4,6,9,13-14H,3,5,7-8,10-11,25H2,1-2H3,(H2,20,21,22,23);1H4/b6-4-;. The van der Waals surface area contributed by atoms with E-state index in [0.717, 1.165) is 17.9 Å². The van der Waals surface area contributed by atoms with Crippen LogP contribution in [0.2, 0.25) is 0 Å². The van der Waals surface area contributed by atoms with Gasteiger partial charge in [-0.3, -0.25) is 5.10 Å². The summed E-state index contributed by atoms with van der Waals surface area (Å²) in [5, 5.41) is 9.31. The van der Waals surface area contributed by atoms with Gasteiger partial charge in [-0.2, -0.15) is 5.10 Å².